The molecule has 2 bridgehead atoms. The highest BCUT2D eigenvalue weighted by molar-refractivity contribution is 9.12. The second kappa shape index (κ2) is 7.29. The topological polar surface area (TPSA) is 63.7 Å². The van der Waals surface area contributed by atoms with Crippen LogP contribution in [0.5, 0.6) is 0 Å². The molecule has 0 unspecified atom stereocenters. The van der Waals surface area contributed by atoms with Crippen LogP contribution < -0.4 is 0 Å². The first-order valence-corrected chi connectivity index (χ1v) is 10.9. The monoisotopic (exact) mass is 477 g/mol. The quantitative estimate of drug-likeness (QED) is 0.334. The largest absolute Gasteiger partial charge is 0.464 e. The molecule has 2 saturated carbocycles. The maximum Gasteiger partial charge on any atom is 0.329 e. The first kappa shape index (κ1) is 19.3. The van der Waals surface area contributed by atoms with Gasteiger partial charge in [0.1, 0.15) is 6.04 Å². The second-order valence-corrected chi connectivity index (χ2v) is 9.98. The molecule has 1 aliphatic heterocycles. The predicted octanol–water partition coefficient (Wildman–Crippen LogP) is 3.13. The highest BCUT2D eigenvalue weighted by Crippen LogP contribution is 2.60. The van der Waals surface area contributed by atoms with Gasteiger partial charge in [0.2, 0.25) is 11.8 Å². The molecule has 5 nitrogen and oxygen atoms in total. The predicted molar refractivity (Wildman–Crippen MR) is 100 cm³/mol. The van der Waals surface area contributed by atoms with Gasteiger partial charge in [-0.2, -0.15) is 0 Å². The molecule has 7 heteroatoms. The molecule has 1 saturated heterocycles. The number of ether oxygens (including phenoxy) is 1. The van der Waals surface area contributed by atoms with Crippen molar-refractivity contribution in [3.63, 3.8) is 0 Å². The average molecular weight is 479 g/mol. The molecule has 3 fully saturated rings. The lowest BCUT2D eigenvalue weighted by Crippen LogP contribution is -2.47. The Kier molecular flexibility index (Phi) is 5.64. The Morgan fingerprint density at radius 1 is 1.16 bits per heavy atom. The summed E-state index contributed by atoms with van der Waals surface area (Å²) >= 11 is 7.37. The van der Waals surface area contributed by atoms with E-state index in [4.69, 9.17) is 4.74 Å². The van der Waals surface area contributed by atoms with E-state index in [0.717, 1.165) is 6.42 Å². The number of hydrogen-bond donors (Lipinski definition) is 0. The summed E-state index contributed by atoms with van der Waals surface area (Å²) in [6, 6.07) is -0.792. The van der Waals surface area contributed by atoms with Crippen molar-refractivity contribution in [2.75, 3.05) is 6.61 Å². The van der Waals surface area contributed by atoms with Crippen LogP contribution >= 0.6 is 31.9 Å². The Balaban J connectivity index is 1.86. The van der Waals surface area contributed by atoms with E-state index in [2.05, 4.69) is 31.9 Å². The summed E-state index contributed by atoms with van der Waals surface area (Å²) in [7, 11) is 0. The summed E-state index contributed by atoms with van der Waals surface area (Å²) in [6.45, 7) is 6.21. The Morgan fingerprint density at radius 3 is 2.12 bits per heavy atom. The average Bonchev–Trinajstić information content (AvgIpc) is 3.15. The molecule has 0 aromatic heterocycles. The van der Waals surface area contributed by atoms with Crippen LogP contribution in [0.3, 0.4) is 0 Å². The smallest absolute Gasteiger partial charge is 0.329 e. The van der Waals surface area contributed by atoms with Crippen LogP contribution in [0.2, 0.25) is 0 Å². The highest BCUT2D eigenvalue weighted by Gasteiger charge is 2.67. The van der Waals surface area contributed by atoms with Crippen molar-refractivity contribution in [2.45, 2.75) is 55.7 Å². The van der Waals surface area contributed by atoms with Gasteiger partial charge in [-0.3, -0.25) is 14.5 Å². The SMILES string of the molecule is CCCOC(=O)[C@H](CC(C)C)N1C(=O)[C@H]2[C@@H]3C[C@H]([C@@H](Br)[C@H]3Br)[C@@H]2C1=O. The molecule has 2 aliphatic carbocycles. The third-order valence-electron chi connectivity index (χ3n) is 5.75. The van der Waals surface area contributed by atoms with Crippen LogP contribution in [0, 0.1) is 29.6 Å². The van der Waals surface area contributed by atoms with Gasteiger partial charge in [-0.15, -0.1) is 0 Å². The molecule has 3 rings (SSSR count). The zero-order chi connectivity index (χ0) is 18.5. The van der Waals surface area contributed by atoms with Gasteiger partial charge in [0.25, 0.3) is 0 Å². The van der Waals surface area contributed by atoms with Gasteiger partial charge < -0.3 is 4.74 Å². The van der Waals surface area contributed by atoms with Crippen molar-refractivity contribution in [3.05, 3.63) is 0 Å². The zero-order valence-corrected chi connectivity index (χ0v) is 18.0. The van der Waals surface area contributed by atoms with Crippen molar-refractivity contribution in [2.24, 2.45) is 29.6 Å². The maximum absolute atomic E-state index is 13.1. The molecule has 0 radical (unpaired) electrons. The third-order valence-corrected chi connectivity index (χ3v) is 8.95. The first-order chi connectivity index (χ1) is 11.8. The van der Waals surface area contributed by atoms with E-state index in [0.29, 0.717) is 19.4 Å². The minimum Gasteiger partial charge on any atom is -0.464 e. The van der Waals surface area contributed by atoms with Crippen LogP contribution in [-0.2, 0) is 19.1 Å². The van der Waals surface area contributed by atoms with Crippen LogP contribution in [0.25, 0.3) is 0 Å². The number of likely N-dealkylation sites (tertiary alicyclic amines) is 1. The Bertz CT molecular complexity index is 549. The maximum atomic E-state index is 13.1. The number of carbonyl (C=O) groups excluding carboxylic acids is 3. The van der Waals surface area contributed by atoms with Crippen molar-refractivity contribution >= 4 is 49.6 Å². The Labute approximate surface area is 165 Å². The van der Waals surface area contributed by atoms with Gasteiger partial charge in [0.05, 0.1) is 18.4 Å². The van der Waals surface area contributed by atoms with Crippen LogP contribution in [0.1, 0.15) is 40.0 Å². The third kappa shape index (κ3) is 3.09. The number of amides is 2. The molecular formula is C18H25Br2NO4. The number of alkyl halides is 2. The van der Waals surface area contributed by atoms with Crippen molar-refractivity contribution < 1.29 is 19.1 Å². The van der Waals surface area contributed by atoms with Crippen LogP contribution in [0.4, 0.5) is 0 Å². The number of rotatable bonds is 6. The number of carbonyl (C=O) groups is 3. The summed E-state index contributed by atoms with van der Waals surface area (Å²) in [5.41, 5.74) is 0. The number of hydrogen-bond acceptors (Lipinski definition) is 4. The minimum absolute atomic E-state index is 0.159. The van der Waals surface area contributed by atoms with Gasteiger partial charge in [0.15, 0.2) is 0 Å². The standard InChI is InChI=1S/C18H25Br2NO4/c1-4-5-25-18(24)11(6-8(2)3)21-16(22)12-9-7-10(13(12)17(21)23)15(20)14(9)19/h8-15H,4-7H2,1-3H3/t9-,10-,11-,12-,13-,14-,15+/m0/s1. The summed E-state index contributed by atoms with van der Waals surface area (Å²) in [5, 5.41) is 0. The number of fused-ring (bicyclic) bond motifs is 5. The van der Waals surface area contributed by atoms with E-state index in [1.165, 1.54) is 4.90 Å². The number of imide groups is 1. The molecule has 1 heterocycles. The number of nitrogens with zero attached hydrogens (tertiary/aromatic N) is 1. The molecule has 140 valence electrons. The Morgan fingerprint density at radius 2 is 1.68 bits per heavy atom. The normalized spacial score (nSPS) is 37.8. The fourth-order valence-corrected chi connectivity index (χ4v) is 6.60. The molecule has 0 aromatic carbocycles. The highest BCUT2D eigenvalue weighted by atomic mass is 79.9. The van der Waals surface area contributed by atoms with Crippen LogP contribution in [0.15, 0.2) is 0 Å². The minimum atomic E-state index is -0.792. The molecule has 0 spiro atoms. The first-order valence-electron chi connectivity index (χ1n) is 9.11. The van der Waals surface area contributed by atoms with Crippen molar-refractivity contribution in [1.82, 2.24) is 4.90 Å². The van der Waals surface area contributed by atoms with E-state index in [1.54, 1.807) is 0 Å². The number of esters is 1. The summed E-state index contributed by atoms with van der Waals surface area (Å²) in [6.07, 6.45) is 2.06. The summed E-state index contributed by atoms with van der Waals surface area (Å²) in [4.78, 5) is 40.4. The molecule has 7 atom stereocenters. The van der Waals surface area contributed by atoms with Crippen molar-refractivity contribution in [3.8, 4) is 0 Å². The van der Waals surface area contributed by atoms with Gasteiger partial charge in [-0.25, -0.2) is 4.79 Å². The van der Waals surface area contributed by atoms with E-state index in [9.17, 15) is 14.4 Å². The molecule has 3 aliphatic rings. The molecule has 2 amide bonds. The van der Waals surface area contributed by atoms with Gasteiger partial charge >= 0.3 is 5.97 Å². The van der Waals surface area contributed by atoms with E-state index in [1.807, 2.05) is 20.8 Å². The lowest BCUT2D eigenvalue weighted by molar-refractivity contribution is -0.160. The Hall–Kier alpha value is -0.430. The van der Waals surface area contributed by atoms with Gasteiger partial charge in [-0.05, 0) is 37.0 Å². The van der Waals surface area contributed by atoms with Crippen molar-refractivity contribution in [1.29, 1.82) is 0 Å². The fraction of sp³-hybridized carbons (Fsp3) is 0.833. The lowest BCUT2D eigenvalue weighted by atomic mass is 9.81. The van der Waals surface area contributed by atoms with E-state index >= 15 is 0 Å². The molecular weight excluding hydrogens is 454 g/mol. The summed E-state index contributed by atoms with van der Waals surface area (Å²) in [5.74, 6) is -0.871. The lowest BCUT2D eigenvalue weighted by Gasteiger charge is -2.28. The second-order valence-electron chi connectivity index (χ2n) is 7.86. The molecule has 0 aromatic rings. The van der Waals surface area contributed by atoms with Crippen LogP contribution in [-0.4, -0.2) is 45.0 Å². The number of halogens is 2. The van der Waals surface area contributed by atoms with Gasteiger partial charge in [-0.1, -0.05) is 52.6 Å². The molecule has 25 heavy (non-hydrogen) atoms. The van der Waals surface area contributed by atoms with E-state index < -0.39 is 12.0 Å². The zero-order valence-electron chi connectivity index (χ0n) is 14.8. The van der Waals surface area contributed by atoms with E-state index in [-0.39, 0.29) is 51.1 Å². The van der Waals surface area contributed by atoms with Gasteiger partial charge in [0, 0.05) is 9.65 Å². The fourth-order valence-electron chi connectivity index (χ4n) is 4.73. The summed E-state index contributed by atoms with van der Waals surface area (Å²) < 4.78 is 5.29. The molecule has 0 N–H and O–H groups in total.